The van der Waals surface area contributed by atoms with Gasteiger partial charge in [-0.1, -0.05) is 6.07 Å². The summed E-state index contributed by atoms with van der Waals surface area (Å²) in [5.74, 6) is 1.82. The van der Waals surface area contributed by atoms with Gasteiger partial charge in [0.05, 0.1) is 7.11 Å². The number of aromatic nitrogens is 1. The van der Waals surface area contributed by atoms with Gasteiger partial charge >= 0.3 is 0 Å². The number of rotatable bonds is 5. The molecule has 0 spiro atoms. The third kappa shape index (κ3) is 4.85. The topological polar surface area (TPSA) is 63.7 Å². The zero-order chi connectivity index (χ0) is 21.8. The summed E-state index contributed by atoms with van der Waals surface area (Å²) in [5.41, 5.74) is 10.7. The van der Waals surface area contributed by atoms with Crippen LogP contribution in [0.3, 0.4) is 0 Å². The SMILES string of the molecule is COC1=CC(c2cc(C)cc(F)c2)=C/C(=C(/N=C(\N)c2cccnc2)N2CCCC2)C1. The summed E-state index contributed by atoms with van der Waals surface area (Å²) in [5, 5.41) is 0. The molecular formula is C25H27FN4O. The molecule has 1 aromatic heterocycles. The summed E-state index contributed by atoms with van der Waals surface area (Å²) in [7, 11) is 1.66. The number of allylic oxidation sites excluding steroid dienone is 4. The lowest BCUT2D eigenvalue weighted by Gasteiger charge is -2.24. The number of aryl methyl sites for hydroxylation is 1. The molecule has 6 heteroatoms. The lowest BCUT2D eigenvalue weighted by Crippen LogP contribution is -2.23. The van der Waals surface area contributed by atoms with Crippen LogP contribution in [0.5, 0.6) is 0 Å². The van der Waals surface area contributed by atoms with Gasteiger partial charge < -0.3 is 15.4 Å². The number of pyridine rings is 1. The van der Waals surface area contributed by atoms with Crippen molar-refractivity contribution in [1.82, 2.24) is 9.88 Å². The molecule has 2 aromatic rings. The maximum atomic E-state index is 14.1. The summed E-state index contributed by atoms with van der Waals surface area (Å²) in [6.45, 7) is 3.75. The highest BCUT2D eigenvalue weighted by atomic mass is 19.1. The van der Waals surface area contributed by atoms with E-state index in [9.17, 15) is 4.39 Å². The first-order valence-corrected chi connectivity index (χ1v) is 10.5. The van der Waals surface area contributed by atoms with Gasteiger partial charge in [0.2, 0.25) is 0 Å². The van der Waals surface area contributed by atoms with E-state index in [1.54, 1.807) is 25.6 Å². The third-order valence-corrected chi connectivity index (χ3v) is 5.53. The molecule has 1 saturated heterocycles. The fourth-order valence-corrected chi connectivity index (χ4v) is 4.00. The van der Waals surface area contributed by atoms with Crippen LogP contribution in [0.2, 0.25) is 0 Å². The molecule has 31 heavy (non-hydrogen) atoms. The molecule has 5 nitrogen and oxygen atoms in total. The zero-order valence-corrected chi connectivity index (χ0v) is 17.9. The van der Waals surface area contributed by atoms with Gasteiger partial charge in [0.25, 0.3) is 0 Å². The molecule has 0 bridgehead atoms. The Balaban J connectivity index is 1.84. The highest BCUT2D eigenvalue weighted by Gasteiger charge is 2.22. The van der Waals surface area contributed by atoms with Crippen LogP contribution in [-0.4, -0.2) is 35.9 Å². The first-order chi connectivity index (χ1) is 15.0. The largest absolute Gasteiger partial charge is 0.501 e. The second-order valence-electron chi connectivity index (χ2n) is 7.89. The molecule has 1 aliphatic heterocycles. The summed E-state index contributed by atoms with van der Waals surface area (Å²) in [6.07, 6.45) is 10.3. The molecule has 0 radical (unpaired) electrons. The van der Waals surface area contributed by atoms with Crippen LogP contribution < -0.4 is 5.73 Å². The van der Waals surface area contributed by atoms with Crippen LogP contribution in [0.1, 0.15) is 36.0 Å². The third-order valence-electron chi connectivity index (χ3n) is 5.53. The molecule has 2 aliphatic rings. The van der Waals surface area contributed by atoms with E-state index in [0.717, 1.165) is 65.3 Å². The van der Waals surface area contributed by atoms with E-state index >= 15 is 0 Å². The van der Waals surface area contributed by atoms with Crippen LogP contribution in [0.25, 0.3) is 5.57 Å². The van der Waals surface area contributed by atoms with E-state index in [0.29, 0.717) is 12.3 Å². The number of nitrogens with two attached hydrogens (primary N) is 1. The minimum atomic E-state index is -0.252. The Labute approximate surface area is 182 Å². The summed E-state index contributed by atoms with van der Waals surface area (Å²) in [4.78, 5) is 11.3. The van der Waals surface area contributed by atoms with Crippen LogP contribution >= 0.6 is 0 Å². The van der Waals surface area contributed by atoms with Gasteiger partial charge in [0.1, 0.15) is 23.2 Å². The standard InChI is InChI=1S/C25H27FN4O/c1-17-10-19(13-22(26)11-17)20-12-21(15-23(14-20)31-2)25(30-8-3-4-9-30)29-24(27)18-6-5-7-28-16-18/h5-7,10-14,16H,3-4,8-9,15H2,1-2H3,(H2,27,29)/b25-21+. The number of nitrogens with zero attached hydrogens (tertiary/aromatic N) is 3. The number of methoxy groups -OCH3 is 1. The van der Waals surface area contributed by atoms with Crippen molar-refractivity contribution in [2.24, 2.45) is 10.7 Å². The average molecular weight is 419 g/mol. The minimum absolute atomic E-state index is 0.252. The maximum absolute atomic E-state index is 14.1. The van der Waals surface area contributed by atoms with Crippen LogP contribution in [0, 0.1) is 12.7 Å². The molecule has 0 amide bonds. The van der Waals surface area contributed by atoms with Gasteiger partial charge in [0, 0.05) is 43.0 Å². The highest BCUT2D eigenvalue weighted by molar-refractivity contribution is 5.97. The molecule has 1 fully saturated rings. The Morgan fingerprint density at radius 3 is 2.68 bits per heavy atom. The zero-order valence-electron chi connectivity index (χ0n) is 17.9. The first kappa shape index (κ1) is 20.8. The Bertz CT molecular complexity index is 1060. The van der Waals surface area contributed by atoms with E-state index in [1.165, 1.54) is 6.07 Å². The van der Waals surface area contributed by atoms with Crippen LogP contribution in [0.15, 0.2) is 77.0 Å². The van der Waals surface area contributed by atoms with Crippen molar-refractivity contribution in [2.45, 2.75) is 26.2 Å². The van der Waals surface area contributed by atoms with Crippen LogP contribution in [0.4, 0.5) is 4.39 Å². The van der Waals surface area contributed by atoms with Gasteiger partial charge in [-0.05, 0) is 72.9 Å². The minimum Gasteiger partial charge on any atom is -0.501 e. The summed E-state index contributed by atoms with van der Waals surface area (Å²) >= 11 is 0. The highest BCUT2D eigenvalue weighted by Crippen LogP contribution is 2.33. The second kappa shape index (κ2) is 9.16. The lowest BCUT2D eigenvalue weighted by molar-refractivity contribution is 0.282. The first-order valence-electron chi connectivity index (χ1n) is 10.5. The average Bonchev–Trinajstić information content (AvgIpc) is 3.31. The van der Waals surface area contributed by atoms with Crippen molar-refractivity contribution in [2.75, 3.05) is 20.2 Å². The van der Waals surface area contributed by atoms with Crippen molar-refractivity contribution in [1.29, 1.82) is 0 Å². The number of likely N-dealkylation sites (tertiary alicyclic amines) is 1. The van der Waals surface area contributed by atoms with E-state index < -0.39 is 0 Å². The Hall–Kier alpha value is -3.41. The predicted molar refractivity (Wildman–Crippen MR) is 122 cm³/mol. The molecule has 160 valence electrons. The molecule has 2 N–H and O–H groups in total. The lowest BCUT2D eigenvalue weighted by atomic mass is 9.94. The monoisotopic (exact) mass is 418 g/mol. The Morgan fingerprint density at radius 1 is 1.19 bits per heavy atom. The fraction of sp³-hybridized carbons (Fsp3) is 0.280. The number of aliphatic imine (C=N–C) groups is 1. The second-order valence-corrected chi connectivity index (χ2v) is 7.89. The predicted octanol–water partition coefficient (Wildman–Crippen LogP) is 4.56. The van der Waals surface area contributed by atoms with Crippen LogP contribution in [-0.2, 0) is 4.74 Å². The molecule has 4 rings (SSSR count). The Morgan fingerprint density at radius 2 is 2.00 bits per heavy atom. The number of hydrogen-bond acceptors (Lipinski definition) is 4. The van der Waals surface area contributed by atoms with Gasteiger partial charge in [0.15, 0.2) is 0 Å². The number of benzene rings is 1. The molecule has 0 saturated carbocycles. The number of ether oxygens (including phenoxy) is 1. The van der Waals surface area contributed by atoms with Gasteiger partial charge in [-0.3, -0.25) is 4.98 Å². The van der Waals surface area contributed by atoms with Crippen molar-refractivity contribution >= 4 is 11.4 Å². The summed E-state index contributed by atoms with van der Waals surface area (Å²) < 4.78 is 19.7. The molecule has 0 atom stereocenters. The van der Waals surface area contributed by atoms with E-state index in [4.69, 9.17) is 15.5 Å². The van der Waals surface area contributed by atoms with E-state index in [2.05, 4.69) is 16.0 Å². The van der Waals surface area contributed by atoms with Crippen molar-refractivity contribution < 1.29 is 9.13 Å². The molecule has 1 aromatic carbocycles. The van der Waals surface area contributed by atoms with Crippen molar-refractivity contribution in [3.63, 3.8) is 0 Å². The Kier molecular flexibility index (Phi) is 6.16. The van der Waals surface area contributed by atoms with Gasteiger partial charge in [-0.25, -0.2) is 9.38 Å². The van der Waals surface area contributed by atoms with Gasteiger partial charge in [-0.15, -0.1) is 0 Å². The van der Waals surface area contributed by atoms with Crippen molar-refractivity contribution in [3.05, 3.63) is 94.5 Å². The molecule has 0 unspecified atom stereocenters. The summed E-state index contributed by atoms with van der Waals surface area (Å²) in [6, 6.07) is 8.80. The normalized spacial score (nSPS) is 18.5. The number of amidine groups is 1. The van der Waals surface area contributed by atoms with Gasteiger partial charge in [-0.2, -0.15) is 0 Å². The van der Waals surface area contributed by atoms with Crippen molar-refractivity contribution in [3.8, 4) is 0 Å². The fourth-order valence-electron chi connectivity index (χ4n) is 4.00. The maximum Gasteiger partial charge on any atom is 0.134 e. The number of halogens is 1. The molecular weight excluding hydrogens is 391 g/mol. The number of hydrogen-bond donors (Lipinski definition) is 1. The smallest absolute Gasteiger partial charge is 0.134 e. The quantitative estimate of drug-likeness (QED) is 0.571. The van der Waals surface area contributed by atoms with E-state index in [1.807, 2.05) is 31.2 Å². The van der Waals surface area contributed by atoms with E-state index in [-0.39, 0.29) is 5.82 Å². The molecule has 2 heterocycles. The molecule has 1 aliphatic carbocycles.